The van der Waals surface area contributed by atoms with Crippen molar-refractivity contribution in [2.75, 3.05) is 6.54 Å². The zero-order valence-electron chi connectivity index (χ0n) is 12.9. The number of rotatable bonds is 0. The number of aromatic amines is 1. The molecule has 1 atom stereocenters. The molecule has 0 aromatic carbocycles. The Labute approximate surface area is 139 Å². The number of carbonyl (C=O) groups is 1. The summed E-state index contributed by atoms with van der Waals surface area (Å²) in [5.74, 6) is -0.331. The van der Waals surface area contributed by atoms with Gasteiger partial charge in [-0.25, -0.2) is 0 Å². The second kappa shape index (κ2) is 6.57. The zero-order valence-corrected chi connectivity index (χ0v) is 12.9. The van der Waals surface area contributed by atoms with Crippen molar-refractivity contribution in [2.45, 2.75) is 6.23 Å². The first kappa shape index (κ1) is 16.4. The lowest BCUT2D eigenvalue weighted by Crippen LogP contribution is -2.44. The lowest BCUT2D eigenvalue weighted by atomic mass is 10.2. The summed E-state index contributed by atoms with van der Waals surface area (Å²) in [5, 5.41) is 11.9. The van der Waals surface area contributed by atoms with Gasteiger partial charge >= 0.3 is 0 Å². The molecule has 128 valence electrons. The summed E-state index contributed by atoms with van der Waals surface area (Å²) in [4.78, 5) is 47.2. The Morgan fingerprint density at radius 1 is 1.00 bits per heavy atom. The number of amides is 1. The van der Waals surface area contributed by atoms with Crippen LogP contribution < -0.4 is 22.0 Å². The van der Waals surface area contributed by atoms with Crippen molar-refractivity contribution in [1.29, 1.82) is 0 Å². The normalized spacial score (nSPS) is 15.7. The van der Waals surface area contributed by atoms with Gasteiger partial charge < -0.3 is 15.4 Å². The van der Waals surface area contributed by atoms with E-state index in [9.17, 15) is 24.3 Å². The molecule has 25 heavy (non-hydrogen) atoms. The van der Waals surface area contributed by atoms with Crippen LogP contribution in [0.2, 0.25) is 0 Å². The molecular formula is C16H14N4O5. The number of aliphatic hydroxyl groups is 1. The summed E-state index contributed by atoms with van der Waals surface area (Å²) in [7, 11) is 0. The first-order valence-corrected chi connectivity index (χ1v) is 7.36. The van der Waals surface area contributed by atoms with Gasteiger partial charge in [-0.15, -0.1) is 0 Å². The van der Waals surface area contributed by atoms with Crippen LogP contribution >= 0.6 is 0 Å². The fourth-order valence-corrected chi connectivity index (χ4v) is 2.46. The Kier molecular flexibility index (Phi) is 4.31. The zero-order chi connectivity index (χ0) is 18.0. The summed E-state index contributed by atoms with van der Waals surface area (Å²) < 4.78 is 2.39. The van der Waals surface area contributed by atoms with Crippen LogP contribution in [0, 0.1) is 0 Å². The molecule has 0 aliphatic carbocycles. The highest BCUT2D eigenvalue weighted by Gasteiger charge is 2.22. The second-order valence-electron chi connectivity index (χ2n) is 5.22. The van der Waals surface area contributed by atoms with E-state index in [0.29, 0.717) is 5.52 Å². The van der Waals surface area contributed by atoms with Gasteiger partial charge in [0.15, 0.2) is 6.23 Å². The van der Waals surface area contributed by atoms with Gasteiger partial charge in [0, 0.05) is 24.5 Å². The Balaban J connectivity index is 0.000000146. The van der Waals surface area contributed by atoms with Crippen LogP contribution in [-0.2, 0) is 0 Å². The number of aromatic nitrogens is 3. The molecule has 1 aliphatic heterocycles. The average Bonchev–Trinajstić information content (AvgIpc) is 2.60. The molecule has 0 saturated heterocycles. The van der Waals surface area contributed by atoms with E-state index in [1.54, 1.807) is 12.1 Å². The van der Waals surface area contributed by atoms with Gasteiger partial charge in [-0.05, 0) is 12.1 Å². The van der Waals surface area contributed by atoms with E-state index in [4.69, 9.17) is 0 Å². The van der Waals surface area contributed by atoms with Crippen molar-refractivity contribution in [2.24, 2.45) is 0 Å². The molecule has 0 fully saturated rings. The summed E-state index contributed by atoms with van der Waals surface area (Å²) in [6.07, 6.45) is 2.01. The number of β-amino-alcohol motifs (C(OH)–C–C–N with tert-alkyl or cyclic N) is 1. The molecule has 0 saturated carbocycles. The minimum Gasteiger partial charge on any atom is -0.371 e. The molecule has 1 unspecified atom stereocenters. The number of pyridine rings is 2. The standard InChI is InChI=1S/C8H8N2O3.C8H6N2O2/c11-6-3-1-2-5-8(13)9-4-7(12)10(5)6;11-7-3-1-2-6-8(12)9-4-5-10(6)7/h1-3,7,12H,4H2,(H,9,13);1-5H,(H,9,12). The first-order chi connectivity index (χ1) is 12.0. The van der Waals surface area contributed by atoms with Gasteiger partial charge in [-0.1, -0.05) is 12.1 Å². The summed E-state index contributed by atoms with van der Waals surface area (Å²) in [6.45, 7) is 0.0791. The largest absolute Gasteiger partial charge is 0.371 e. The van der Waals surface area contributed by atoms with Crippen molar-refractivity contribution < 1.29 is 9.90 Å². The molecule has 3 aromatic heterocycles. The summed E-state index contributed by atoms with van der Waals surface area (Å²) in [6, 6.07) is 8.87. The first-order valence-electron chi connectivity index (χ1n) is 7.36. The predicted octanol–water partition coefficient (Wildman–Crippen LogP) is -0.930. The number of aliphatic hydroxyl groups excluding tert-OH is 1. The van der Waals surface area contributed by atoms with E-state index < -0.39 is 6.23 Å². The summed E-state index contributed by atoms with van der Waals surface area (Å²) in [5.41, 5.74) is -0.245. The number of hydrogen-bond acceptors (Lipinski definition) is 5. The quantitative estimate of drug-likeness (QED) is 0.487. The molecule has 1 aliphatic rings. The van der Waals surface area contributed by atoms with Gasteiger partial charge in [0.05, 0.1) is 6.54 Å². The molecular weight excluding hydrogens is 328 g/mol. The number of nitrogens with zero attached hydrogens (tertiary/aromatic N) is 2. The maximum atomic E-state index is 11.2. The third-order valence-electron chi connectivity index (χ3n) is 3.63. The Hall–Kier alpha value is -3.46. The van der Waals surface area contributed by atoms with E-state index >= 15 is 0 Å². The van der Waals surface area contributed by atoms with Crippen LogP contribution in [0.15, 0.2) is 63.2 Å². The highest BCUT2D eigenvalue weighted by Crippen LogP contribution is 2.08. The third kappa shape index (κ3) is 3.12. The molecule has 3 aromatic rings. The van der Waals surface area contributed by atoms with Crippen LogP contribution in [0.3, 0.4) is 0 Å². The minimum atomic E-state index is -0.957. The van der Waals surface area contributed by atoms with Crippen LogP contribution in [0.1, 0.15) is 16.7 Å². The van der Waals surface area contributed by atoms with Crippen molar-refractivity contribution >= 4 is 11.4 Å². The van der Waals surface area contributed by atoms with Gasteiger partial charge in [0.2, 0.25) is 0 Å². The lowest BCUT2D eigenvalue weighted by molar-refractivity contribution is 0.0639. The van der Waals surface area contributed by atoms with Crippen molar-refractivity contribution in [3.8, 4) is 0 Å². The van der Waals surface area contributed by atoms with Crippen molar-refractivity contribution in [3.05, 3.63) is 85.5 Å². The number of fused-ring (bicyclic) bond motifs is 2. The lowest BCUT2D eigenvalue weighted by Gasteiger charge is -2.23. The van der Waals surface area contributed by atoms with E-state index in [1.165, 1.54) is 41.1 Å². The average molecular weight is 342 g/mol. The van der Waals surface area contributed by atoms with E-state index in [-0.39, 0.29) is 34.8 Å². The fraction of sp³-hybridized carbons (Fsp3) is 0.125. The number of nitrogens with one attached hydrogen (secondary N) is 2. The van der Waals surface area contributed by atoms with Gasteiger partial charge in [-0.2, -0.15) is 0 Å². The van der Waals surface area contributed by atoms with Crippen LogP contribution in [-0.4, -0.2) is 31.5 Å². The molecule has 1 amide bonds. The minimum absolute atomic E-state index is 0.0791. The molecule has 0 spiro atoms. The summed E-state index contributed by atoms with van der Waals surface area (Å²) >= 11 is 0. The predicted molar refractivity (Wildman–Crippen MR) is 88.6 cm³/mol. The number of carbonyl (C=O) groups excluding carboxylic acids is 1. The van der Waals surface area contributed by atoms with E-state index in [2.05, 4.69) is 10.3 Å². The van der Waals surface area contributed by atoms with E-state index in [1.807, 2.05) is 0 Å². The SMILES string of the molecule is O=C1NCC(O)n2c1cccc2=O.O=c1[nH]ccn2c(=O)cccc12. The Bertz CT molecular complexity index is 1060. The fourth-order valence-electron chi connectivity index (χ4n) is 2.46. The van der Waals surface area contributed by atoms with Crippen LogP contribution in [0.5, 0.6) is 0 Å². The highest BCUT2D eigenvalue weighted by atomic mass is 16.3. The molecule has 4 heterocycles. The van der Waals surface area contributed by atoms with Crippen LogP contribution in [0.4, 0.5) is 0 Å². The molecule has 3 N–H and O–H groups in total. The van der Waals surface area contributed by atoms with Gasteiger partial charge in [0.25, 0.3) is 22.6 Å². The number of H-pyrrole nitrogens is 1. The second-order valence-corrected chi connectivity index (χ2v) is 5.22. The highest BCUT2D eigenvalue weighted by molar-refractivity contribution is 5.93. The Morgan fingerprint density at radius 3 is 2.44 bits per heavy atom. The van der Waals surface area contributed by atoms with E-state index in [0.717, 1.165) is 4.57 Å². The van der Waals surface area contributed by atoms with Crippen molar-refractivity contribution in [1.82, 2.24) is 19.3 Å². The molecule has 9 nitrogen and oxygen atoms in total. The molecule has 0 bridgehead atoms. The topological polar surface area (TPSA) is 126 Å². The maximum absolute atomic E-state index is 11.2. The van der Waals surface area contributed by atoms with Crippen molar-refractivity contribution in [3.63, 3.8) is 0 Å². The molecule has 9 heteroatoms. The molecule has 4 rings (SSSR count). The monoisotopic (exact) mass is 342 g/mol. The smallest absolute Gasteiger partial charge is 0.272 e. The number of hydrogen-bond donors (Lipinski definition) is 3. The van der Waals surface area contributed by atoms with Crippen LogP contribution in [0.25, 0.3) is 5.52 Å². The van der Waals surface area contributed by atoms with Gasteiger partial charge in [0.1, 0.15) is 11.2 Å². The third-order valence-corrected chi connectivity index (χ3v) is 3.63. The Morgan fingerprint density at radius 2 is 1.72 bits per heavy atom. The maximum Gasteiger partial charge on any atom is 0.272 e. The molecule has 0 radical (unpaired) electrons. The van der Waals surface area contributed by atoms with Gasteiger partial charge in [-0.3, -0.25) is 28.1 Å².